The number of hydrogen-bond acceptors (Lipinski definition) is 3. The number of carboxylic acid groups (broad SMARTS) is 1. The number of fused-ring (bicyclic) bond motifs is 1. The molecule has 1 aromatic carbocycles. The van der Waals surface area contributed by atoms with Crippen LogP contribution in [0, 0.1) is 0 Å². The van der Waals surface area contributed by atoms with Crippen molar-refractivity contribution in [2.45, 2.75) is 32.2 Å². The zero-order chi connectivity index (χ0) is 15.1. The molecule has 2 heterocycles. The summed E-state index contributed by atoms with van der Waals surface area (Å²) in [7, 11) is 2.12. The van der Waals surface area contributed by atoms with E-state index in [4.69, 9.17) is 0 Å². The molecule has 0 amide bonds. The molecule has 1 unspecified atom stereocenters. The van der Waals surface area contributed by atoms with Crippen LogP contribution in [0.25, 0.3) is 11.0 Å². The lowest BCUT2D eigenvalue weighted by Crippen LogP contribution is -2.18. The Morgan fingerprint density at radius 1 is 1.43 bits per heavy atom. The van der Waals surface area contributed by atoms with Crippen molar-refractivity contribution in [1.29, 1.82) is 0 Å². The van der Waals surface area contributed by atoms with Crippen LogP contribution in [0.4, 0.5) is 0 Å². The lowest BCUT2D eigenvalue weighted by molar-refractivity contribution is 0.0699. The molecule has 1 fully saturated rings. The van der Waals surface area contributed by atoms with E-state index in [1.54, 1.807) is 6.07 Å². The molecule has 0 saturated carbocycles. The van der Waals surface area contributed by atoms with Crippen LogP contribution in [0.1, 0.15) is 48.4 Å². The molecule has 112 valence electrons. The molecule has 1 N–H and O–H groups in total. The van der Waals surface area contributed by atoms with E-state index in [9.17, 15) is 9.90 Å². The van der Waals surface area contributed by atoms with Gasteiger partial charge in [-0.1, -0.05) is 19.9 Å². The van der Waals surface area contributed by atoms with E-state index < -0.39 is 5.97 Å². The summed E-state index contributed by atoms with van der Waals surface area (Å²) in [4.78, 5) is 18.4. The fourth-order valence-electron chi connectivity index (χ4n) is 3.22. The van der Waals surface area contributed by atoms with Crippen molar-refractivity contribution in [1.82, 2.24) is 14.5 Å². The van der Waals surface area contributed by atoms with Crippen molar-refractivity contribution >= 4 is 17.0 Å². The maximum atomic E-state index is 11.4. The number of para-hydroxylation sites is 1. The molecule has 1 aliphatic rings. The largest absolute Gasteiger partial charge is 0.478 e. The third-order valence-electron chi connectivity index (χ3n) is 4.23. The van der Waals surface area contributed by atoms with E-state index in [0.29, 0.717) is 17.1 Å². The molecule has 0 bridgehead atoms. The summed E-state index contributed by atoms with van der Waals surface area (Å²) in [5.41, 5.74) is 1.85. The molecular weight excluding hydrogens is 266 g/mol. The molecule has 1 aliphatic heterocycles. The zero-order valence-corrected chi connectivity index (χ0v) is 12.7. The highest BCUT2D eigenvalue weighted by atomic mass is 16.4. The van der Waals surface area contributed by atoms with Gasteiger partial charge in [-0.2, -0.15) is 0 Å². The van der Waals surface area contributed by atoms with Gasteiger partial charge in [0.1, 0.15) is 11.3 Å². The lowest BCUT2D eigenvalue weighted by atomic mass is 10.1. The summed E-state index contributed by atoms with van der Waals surface area (Å²) in [6.07, 6.45) is 1.08. The average Bonchev–Trinajstić information content (AvgIpc) is 3.00. The second-order valence-electron chi connectivity index (χ2n) is 6.18. The number of likely N-dealkylation sites (N-methyl/N-ethyl adjacent to an activating group) is 1. The van der Waals surface area contributed by atoms with Crippen LogP contribution in [-0.2, 0) is 0 Å². The molecule has 1 atom stereocenters. The number of carboxylic acids is 1. The van der Waals surface area contributed by atoms with E-state index >= 15 is 0 Å². The first kappa shape index (κ1) is 14.1. The highest BCUT2D eigenvalue weighted by Gasteiger charge is 2.27. The van der Waals surface area contributed by atoms with Crippen molar-refractivity contribution in [2.24, 2.45) is 0 Å². The molecule has 5 heteroatoms. The number of rotatable bonds is 3. The maximum Gasteiger partial charge on any atom is 0.337 e. The van der Waals surface area contributed by atoms with Gasteiger partial charge in [-0.25, -0.2) is 9.78 Å². The highest BCUT2D eigenvalue weighted by Crippen LogP contribution is 2.31. The number of imidazole rings is 1. The number of aromatic nitrogens is 2. The Balaban J connectivity index is 2.23. The summed E-state index contributed by atoms with van der Waals surface area (Å²) in [5.74, 6) is 0.341. The Kier molecular flexibility index (Phi) is 3.45. The Morgan fingerprint density at radius 3 is 2.76 bits per heavy atom. The van der Waals surface area contributed by atoms with Crippen LogP contribution in [0.15, 0.2) is 18.2 Å². The molecule has 21 heavy (non-hydrogen) atoms. The Morgan fingerprint density at radius 2 is 2.19 bits per heavy atom. The number of hydrogen-bond donors (Lipinski definition) is 1. The van der Waals surface area contributed by atoms with Gasteiger partial charge in [0.2, 0.25) is 0 Å². The van der Waals surface area contributed by atoms with Crippen LogP contribution < -0.4 is 0 Å². The summed E-state index contributed by atoms with van der Waals surface area (Å²) >= 11 is 0. The predicted octanol–water partition coefficient (Wildman–Crippen LogP) is 2.73. The maximum absolute atomic E-state index is 11.4. The molecule has 1 aromatic heterocycles. The normalized spacial score (nSPS) is 19.7. The van der Waals surface area contributed by atoms with E-state index in [0.717, 1.165) is 30.9 Å². The number of aromatic carboxylic acids is 1. The molecule has 0 radical (unpaired) electrons. The number of carbonyl (C=O) groups is 1. The van der Waals surface area contributed by atoms with Crippen LogP contribution in [0.2, 0.25) is 0 Å². The fourth-order valence-corrected chi connectivity index (χ4v) is 3.22. The first-order valence-corrected chi connectivity index (χ1v) is 7.41. The average molecular weight is 287 g/mol. The highest BCUT2D eigenvalue weighted by molar-refractivity contribution is 6.01. The minimum atomic E-state index is -0.913. The quantitative estimate of drug-likeness (QED) is 0.943. The zero-order valence-electron chi connectivity index (χ0n) is 12.7. The van der Waals surface area contributed by atoms with Crippen molar-refractivity contribution in [2.75, 3.05) is 20.1 Å². The third-order valence-corrected chi connectivity index (χ3v) is 4.23. The van der Waals surface area contributed by atoms with Gasteiger partial charge in [-0.05, 0) is 32.1 Å². The first-order chi connectivity index (χ1) is 9.99. The molecule has 5 nitrogen and oxygen atoms in total. The van der Waals surface area contributed by atoms with Crippen LogP contribution >= 0.6 is 0 Å². The molecular formula is C16H21N3O2. The second kappa shape index (κ2) is 5.15. The van der Waals surface area contributed by atoms with Crippen molar-refractivity contribution in [3.63, 3.8) is 0 Å². The van der Waals surface area contributed by atoms with Gasteiger partial charge < -0.3 is 14.6 Å². The first-order valence-electron chi connectivity index (χ1n) is 7.41. The SMILES string of the molecule is CC(C)c1nc2c(C(=O)O)cccc2n1C1CCN(C)C1. The van der Waals surface area contributed by atoms with Gasteiger partial charge in [0.05, 0.1) is 11.1 Å². The van der Waals surface area contributed by atoms with Gasteiger partial charge in [-0.3, -0.25) is 0 Å². The summed E-state index contributed by atoms with van der Waals surface area (Å²) in [5, 5.41) is 9.37. The van der Waals surface area contributed by atoms with Gasteiger partial charge in [0, 0.05) is 18.5 Å². The van der Waals surface area contributed by atoms with E-state index in [1.807, 2.05) is 12.1 Å². The standard InChI is InChI=1S/C16H21N3O2/c1-10(2)15-17-14-12(16(20)21)5-4-6-13(14)19(15)11-7-8-18(3)9-11/h4-6,10-11H,7-9H2,1-3H3,(H,20,21). The van der Waals surface area contributed by atoms with Crippen LogP contribution in [0.3, 0.4) is 0 Å². The minimum Gasteiger partial charge on any atom is -0.478 e. The minimum absolute atomic E-state index is 0.268. The Labute approximate surface area is 124 Å². The van der Waals surface area contributed by atoms with Crippen molar-refractivity contribution in [3.8, 4) is 0 Å². The Bertz CT molecular complexity index is 690. The predicted molar refractivity (Wildman–Crippen MR) is 81.9 cm³/mol. The van der Waals surface area contributed by atoms with Gasteiger partial charge >= 0.3 is 5.97 Å². The molecule has 3 rings (SSSR count). The molecule has 0 spiro atoms. The van der Waals surface area contributed by atoms with E-state index in [-0.39, 0.29) is 5.92 Å². The molecule has 2 aromatic rings. The third kappa shape index (κ3) is 2.31. The Hall–Kier alpha value is -1.88. The van der Waals surface area contributed by atoms with Crippen molar-refractivity contribution < 1.29 is 9.90 Å². The van der Waals surface area contributed by atoms with E-state index in [1.165, 1.54) is 0 Å². The summed E-state index contributed by atoms with van der Waals surface area (Å²) in [6, 6.07) is 5.81. The summed E-state index contributed by atoms with van der Waals surface area (Å²) < 4.78 is 2.26. The van der Waals surface area contributed by atoms with Crippen molar-refractivity contribution in [3.05, 3.63) is 29.6 Å². The van der Waals surface area contributed by atoms with Crippen LogP contribution in [-0.4, -0.2) is 45.7 Å². The van der Waals surface area contributed by atoms with Gasteiger partial charge in [0.25, 0.3) is 0 Å². The van der Waals surface area contributed by atoms with E-state index in [2.05, 4.69) is 35.3 Å². The second-order valence-corrected chi connectivity index (χ2v) is 6.18. The summed E-state index contributed by atoms with van der Waals surface area (Å²) in [6.45, 7) is 6.27. The van der Waals surface area contributed by atoms with Crippen LogP contribution in [0.5, 0.6) is 0 Å². The molecule has 0 aliphatic carbocycles. The number of nitrogens with zero attached hydrogens (tertiary/aromatic N) is 3. The molecule has 1 saturated heterocycles. The monoisotopic (exact) mass is 287 g/mol. The smallest absolute Gasteiger partial charge is 0.337 e. The number of likely N-dealkylation sites (tertiary alicyclic amines) is 1. The van der Waals surface area contributed by atoms with Gasteiger partial charge in [0.15, 0.2) is 0 Å². The lowest BCUT2D eigenvalue weighted by Gasteiger charge is -2.18. The topological polar surface area (TPSA) is 58.4 Å². The fraction of sp³-hybridized carbons (Fsp3) is 0.500. The number of benzene rings is 1. The van der Waals surface area contributed by atoms with Gasteiger partial charge in [-0.15, -0.1) is 0 Å².